The Hall–Kier alpha value is -1.84. The molecule has 1 aliphatic carbocycles. The van der Waals surface area contributed by atoms with Crippen LogP contribution in [0.1, 0.15) is 38.7 Å². The summed E-state index contributed by atoms with van der Waals surface area (Å²) in [4.78, 5) is 27.1. The number of nitrogens with zero attached hydrogens (tertiary/aromatic N) is 1. The molecular formula is C17H22N2O2. The number of hydrogen-bond donors (Lipinski definition) is 1. The highest BCUT2D eigenvalue weighted by atomic mass is 16.2. The van der Waals surface area contributed by atoms with E-state index in [2.05, 4.69) is 5.32 Å². The molecule has 0 bridgehead atoms. The summed E-state index contributed by atoms with van der Waals surface area (Å²) in [5, 5.41) is 2.85. The maximum Gasteiger partial charge on any atom is 0.245 e. The van der Waals surface area contributed by atoms with E-state index >= 15 is 0 Å². The van der Waals surface area contributed by atoms with E-state index in [0.717, 1.165) is 24.8 Å². The summed E-state index contributed by atoms with van der Waals surface area (Å²) in [6.07, 6.45) is 2.83. The van der Waals surface area contributed by atoms with Crippen LogP contribution >= 0.6 is 0 Å². The Kier molecular flexibility index (Phi) is 3.27. The number of carbonyl (C=O) groups is 2. The van der Waals surface area contributed by atoms with Crippen LogP contribution in [0.5, 0.6) is 0 Å². The van der Waals surface area contributed by atoms with Crippen molar-refractivity contribution in [2.75, 3.05) is 13.1 Å². The van der Waals surface area contributed by atoms with Crippen molar-refractivity contribution >= 4 is 11.8 Å². The first-order chi connectivity index (χ1) is 9.98. The zero-order chi connectivity index (χ0) is 15.1. The minimum absolute atomic E-state index is 0.0652. The minimum atomic E-state index is -0.771. The summed E-state index contributed by atoms with van der Waals surface area (Å²) >= 11 is 0. The van der Waals surface area contributed by atoms with E-state index in [1.807, 2.05) is 44.2 Å². The monoisotopic (exact) mass is 286 g/mol. The molecule has 1 aliphatic heterocycles. The van der Waals surface area contributed by atoms with Gasteiger partial charge in [-0.05, 0) is 32.3 Å². The lowest BCUT2D eigenvalue weighted by atomic mass is 9.63. The average molecular weight is 286 g/mol. The number of amides is 2. The van der Waals surface area contributed by atoms with E-state index in [0.29, 0.717) is 13.1 Å². The fourth-order valence-electron chi connectivity index (χ4n) is 3.43. The quantitative estimate of drug-likeness (QED) is 0.902. The van der Waals surface area contributed by atoms with Gasteiger partial charge in [-0.25, -0.2) is 0 Å². The zero-order valence-corrected chi connectivity index (χ0v) is 12.7. The van der Waals surface area contributed by atoms with Gasteiger partial charge in [0.25, 0.3) is 0 Å². The normalized spacial score (nSPS) is 23.1. The Morgan fingerprint density at radius 3 is 2.43 bits per heavy atom. The fourth-order valence-corrected chi connectivity index (χ4v) is 3.43. The molecule has 21 heavy (non-hydrogen) atoms. The number of benzene rings is 1. The molecule has 112 valence electrons. The maximum atomic E-state index is 13.2. The van der Waals surface area contributed by atoms with Crippen molar-refractivity contribution in [1.29, 1.82) is 0 Å². The SMILES string of the molecule is CC1(C)C(=O)NCCN1C(=O)C1(c2ccccc2)CCC1. The zero-order valence-electron chi connectivity index (χ0n) is 12.7. The van der Waals surface area contributed by atoms with Gasteiger partial charge in [-0.2, -0.15) is 0 Å². The minimum Gasteiger partial charge on any atom is -0.352 e. The van der Waals surface area contributed by atoms with Crippen molar-refractivity contribution in [2.45, 2.75) is 44.1 Å². The van der Waals surface area contributed by atoms with E-state index in [1.165, 1.54) is 0 Å². The van der Waals surface area contributed by atoms with E-state index in [4.69, 9.17) is 0 Å². The first kappa shape index (κ1) is 14.1. The molecule has 2 amide bonds. The topological polar surface area (TPSA) is 49.4 Å². The molecule has 0 unspecified atom stereocenters. The van der Waals surface area contributed by atoms with Gasteiger partial charge in [-0.1, -0.05) is 36.8 Å². The second-order valence-electron chi connectivity index (χ2n) is 6.57. The molecule has 1 saturated heterocycles. The predicted molar refractivity (Wildman–Crippen MR) is 80.8 cm³/mol. The van der Waals surface area contributed by atoms with Crippen molar-refractivity contribution in [3.8, 4) is 0 Å². The van der Waals surface area contributed by atoms with Crippen LogP contribution in [0.4, 0.5) is 0 Å². The number of rotatable bonds is 2. The number of carbonyl (C=O) groups excluding carboxylic acids is 2. The summed E-state index contributed by atoms with van der Waals surface area (Å²) in [6, 6.07) is 10.0. The Bertz CT molecular complexity index is 561. The van der Waals surface area contributed by atoms with E-state index in [-0.39, 0.29) is 11.8 Å². The number of hydrogen-bond acceptors (Lipinski definition) is 2. The van der Waals surface area contributed by atoms with Gasteiger partial charge in [-0.3, -0.25) is 9.59 Å². The lowest BCUT2D eigenvalue weighted by molar-refractivity contribution is -0.155. The number of nitrogens with one attached hydrogen (secondary N) is 1. The van der Waals surface area contributed by atoms with E-state index in [9.17, 15) is 9.59 Å². The third-order valence-electron chi connectivity index (χ3n) is 5.04. The third kappa shape index (κ3) is 2.04. The first-order valence-corrected chi connectivity index (χ1v) is 7.64. The van der Waals surface area contributed by atoms with Gasteiger partial charge in [-0.15, -0.1) is 0 Å². The van der Waals surface area contributed by atoms with Crippen LogP contribution in [0.15, 0.2) is 30.3 Å². The number of piperazine rings is 1. The van der Waals surface area contributed by atoms with E-state index < -0.39 is 11.0 Å². The maximum absolute atomic E-state index is 13.2. The van der Waals surface area contributed by atoms with Gasteiger partial charge in [0.15, 0.2) is 0 Å². The molecule has 0 atom stereocenters. The Labute approximate surface area is 125 Å². The van der Waals surface area contributed by atoms with Crippen LogP contribution in [0.2, 0.25) is 0 Å². The Morgan fingerprint density at radius 1 is 1.19 bits per heavy atom. The summed E-state index contributed by atoms with van der Waals surface area (Å²) in [5.41, 5.74) is -0.105. The highest BCUT2D eigenvalue weighted by Crippen LogP contribution is 2.46. The van der Waals surface area contributed by atoms with Crippen LogP contribution in [0.3, 0.4) is 0 Å². The van der Waals surface area contributed by atoms with Crippen LogP contribution < -0.4 is 5.32 Å². The summed E-state index contributed by atoms with van der Waals surface area (Å²) in [6.45, 7) is 4.79. The van der Waals surface area contributed by atoms with Crippen LogP contribution in [0, 0.1) is 0 Å². The second-order valence-corrected chi connectivity index (χ2v) is 6.57. The largest absolute Gasteiger partial charge is 0.352 e. The second kappa shape index (κ2) is 4.86. The van der Waals surface area contributed by atoms with Crippen molar-refractivity contribution in [1.82, 2.24) is 10.2 Å². The van der Waals surface area contributed by atoms with Gasteiger partial charge in [0.2, 0.25) is 11.8 Å². The Balaban J connectivity index is 1.95. The lowest BCUT2D eigenvalue weighted by Gasteiger charge is -2.49. The van der Waals surface area contributed by atoms with Gasteiger partial charge < -0.3 is 10.2 Å². The van der Waals surface area contributed by atoms with Crippen LogP contribution in [0.25, 0.3) is 0 Å². The molecule has 1 aromatic carbocycles. The summed E-state index contributed by atoms with van der Waals surface area (Å²) in [5.74, 6) is 0.0458. The van der Waals surface area contributed by atoms with Crippen molar-refractivity contribution in [2.24, 2.45) is 0 Å². The summed E-state index contributed by atoms with van der Waals surface area (Å²) in [7, 11) is 0. The van der Waals surface area contributed by atoms with Gasteiger partial charge in [0.1, 0.15) is 5.54 Å². The van der Waals surface area contributed by atoms with Gasteiger partial charge >= 0.3 is 0 Å². The lowest BCUT2D eigenvalue weighted by Crippen LogP contribution is -2.67. The average Bonchev–Trinajstić information content (AvgIpc) is 2.41. The van der Waals surface area contributed by atoms with Crippen LogP contribution in [-0.4, -0.2) is 35.3 Å². The molecule has 1 aromatic rings. The molecule has 1 heterocycles. The van der Waals surface area contributed by atoms with Crippen molar-refractivity contribution in [3.05, 3.63) is 35.9 Å². The molecule has 2 aliphatic rings. The van der Waals surface area contributed by atoms with Gasteiger partial charge in [0, 0.05) is 13.1 Å². The highest BCUT2D eigenvalue weighted by molar-refractivity contribution is 5.96. The Morgan fingerprint density at radius 2 is 1.86 bits per heavy atom. The molecular weight excluding hydrogens is 264 g/mol. The molecule has 0 aromatic heterocycles. The van der Waals surface area contributed by atoms with E-state index in [1.54, 1.807) is 4.90 Å². The fraction of sp³-hybridized carbons (Fsp3) is 0.529. The molecule has 0 radical (unpaired) electrons. The molecule has 0 spiro atoms. The molecule has 1 N–H and O–H groups in total. The molecule has 2 fully saturated rings. The molecule has 1 saturated carbocycles. The standard InChI is InChI=1S/C17H22N2O2/c1-16(2)14(20)18-11-12-19(16)15(21)17(9-6-10-17)13-7-4-3-5-8-13/h3-5,7-8H,6,9-12H2,1-2H3,(H,18,20). The molecule has 3 rings (SSSR count). The summed E-state index contributed by atoms with van der Waals surface area (Å²) < 4.78 is 0. The third-order valence-corrected chi connectivity index (χ3v) is 5.04. The predicted octanol–water partition coefficient (Wildman–Crippen LogP) is 1.85. The van der Waals surface area contributed by atoms with Crippen molar-refractivity contribution < 1.29 is 9.59 Å². The van der Waals surface area contributed by atoms with Crippen molar-refractivity contribution in [3.63, 3.8) is 0 Å². The van der Waals surface area contributed by atoms with Gasteiger partial charge in [0.05, 0.1) is 5.41 Å². The molecule has 4 nitrogen and oxygen atoms in total. The molecule has 4 heteroatoms. The van der Waals surface area contributed by atoms with Crippen LogP contribution in [-0.2, 0) is 15.0 Å². The highest BCUT2D eigenvalue weighted by Gasteiger charge is 2.52. The smallest absolute Gasteiger partial charge is 0.245 e. The first-order valence-electron chi connectivity index (χ1n) is 7.64.